The molecule has 1 unspecified atom stereocenters. The summed E-state index contributed by atoms with van der Waals surface area (Å²) in [6, 6.07) is 0. The Labute approximate surface area is 76.3 Å². The number of hydrogen-bond acceptors (Lipinski definition) is 3. The van der Waals surface area contributed by atoms with Crippen LogP contribution in [0.3, 0.4) is 0 Å². The molecule has 0 aliphatic rings. The molecular formula is C8H20O3P+. The summed E-state index contributed by atoms with van der Waals surface area (Å²) < 4.78 is 15.9. The van der Waals surface area contributed by atoms with Crippen LogP contribution in [-0.4, -0.2) is 33.1 Å². The van der Waals surface area contributed by atoms with E-state index in [4.69, 9.17) is 13.8 Å². The molecule has 0 aromatic carbocycles. The Bertz CT molecular complexity index is 90.4. The van der Waals surface area contributed by atoms with E-state index >= 15 is 0 Å². The van der Waals surface area contributed by atoms with Crippen molar-refractivity contribution < 1.29 is 13.8 Å². The summed E-state index contributed by atoms with van der Waals surface area (Å²) in [6.45, 7) is 8.97. The van der Waals surface area contributed by atoms with Crippen molar-refractivity contribution in [1.82, 2.24) is 0 Å². The lowest BCUT2D eigenvalue weighted by Gasteiger charge is -2.04. The van der Waals surface area contributed by atoms with Crippen molar-refractivity contribution in [2.45, 2.75) is 20.3 Å². The minimum atomic E-state index is -1.01. The maximum absolute atomic E-state index is 5.40. The van der Waals surface area contributed by atoms with Crippen LogP contribution in [0, 0.1) is 0 Å². The van der Waals surface area contributed by atoms with Crippen molar-refractivity contribution in [3.8, 4) is 0 Å². The first kappa shape index (κ1) is 12.3. The maximum atomic E-state index is 5.40. The molecule has 74 valence electrons. The summed E-state index contributed by atoms with van der Waals surface area (Å²) in [5.74, 6) is 0. The topological polar surface area (TPSA) is 27.7 Å². The largest absolute Gasteiger partial charge is 0.379 e. The second kappa shape index (κ2) is 9.40. The molecule has 0 radical (unpaired) electrons. The molecule has 0 amide bonds. The highest BCUT2D eigenvalue weighted by atomic mass is 31.2. The fourth-order valence-corrected chi connectivity index (χ4v) is 1.62. The lowest BCUT2D eigenvalue weighted by molar-refractivity contribution is 0.108. The normalized spacial score (nSPS) is 13.2. The molecule has 0 rings (SSSR count). The van der Waals surface area contributed by atoms with Crippen LogP contribution in [0.2, 0.25) is 0 Å². The Morgan fingerprint density at radius 2 is 1.67 bits per heavy atom. The first-order valence-electron chi connectivity index (χ1n) is 4.48. The Morgan fingerprint density at radius 1 is 1.00 bits per heavy atom. The molecule has 1 atom stereocenters. The molecule has 0 saturated heterocycles. The first-order valence-corrected chi connectivity index (χ1v) is 6.29. The van der Waals surface area contributed by atoms with Gasteiger partial charge in [-0.15, -0.1) is 0 Å². The molecule has 3 nitrogen and oxygen atoms in total. The number of hydrogen-bond donors (Lipinski definition) is 0. The van der Waals surface area contributed by atoms with Gasteiger partial charge in [-0.1, -0.05) is 6.92 Å². The fourth-order valence-electron chi connectivity index (χ4n) is 0.676. The molecule has 0 heterocycles. The maximum Gasteiger partial charge on any atom is 0.260 e. The zero-order valence-electron chi connectivity index (χ0n) is 8.26. The quantitative estimate of drug-likeness (QED) is 0.438. The lowest BCUT2D eigenvalue weighted by Crippen LogP contribution is -2.02. The minimum Gasteiger partial charge on any atom is -0.379 e. The first-order chi connectivity index (χ1) is 5.81. The van der Waals surface area contributed by atoms with Gasteiger partial charge >= 0.3 is 0 Å². The molecule has 4 heteroatoms. The van der Waals surface area contributed by atoms with E-state index in [2.05, 4.69) is 6.92 Å². The van der Waals surface area contributed by atoms with E-state index in [-0.39, 0.29) is 0 Å². The van der Waals surface area contributed by atoms with E-state index in [9.17, 15) is 0 Å². The average Bonchev–Trinajstić information content (AvgIpc) is 2.09. The highest BCUT2D eigenvalue weighted by molar-refractivity contribution is 7.46. The van der Waals surface area contributed by atoms with Gasteiger partial charge in [0, 0.05) is 6.61 Å². The van der Waals surface area contributed by atoms with Crippen LogP contribution < -0.4 is 0 Å². The van der Waals surface area contributed by atoms with Gasteiger partial charge in [-0.2, -0.15) is 0 Å². The van der Waals surface area contributed by atoms with Gasteiger partial charge in [0.2, 0.25) is 0 Å². The van der Waals surface area contributed by atoms with E-state index in [1.54, 1.807) is 0 Å². The number of ether oxygens (including phenoxy) is 1. The van der Waals surface area contributed by atoms with Crippen LogP contribution in [0.4, 0.5) is 0 Å². The third-order valence-electron chi connectivity index (χ3n) is 1.25. The summed E-state index contributed by atoms with van der Waals surface area (Å²) >= 11 is 0. The Balaban J connectivity index is 3.02. The van der Waals surface area contributed by atoms with Crippen LogP contribution in [0.25, 0.3) is 0 Å². The van der Waals surface area contributed by atoms with Gasteiger partial charge in [-0.25, -0.2) is 9.05 Å². The van der Waals surface area contributed by atoms with Gasteiger partial charge in [0.1, 0.15) is 13.3 Å². The van der Waals surface area contributed by atoms with Gasteiger partial charge in [-0.3, -0.25) is 0 Å². The van der Waals surface area contributed by atoms with E-state index in [1.807, 2.05) is 13.6 Å². The summed E-state index contributed by atoms with van der Waals surface area (Å²) in [7, 11) is -1.01. The third kappa shape index (κ3) is 8.41. The predicted molar refractivity (Wildman–Crippen MR) is 52.9 cm³/mol. The van der Waals surface area contributed by atoms with Crippen molar-refractivity contribution in [1.29, 1.82) is 0 Å². The molecule has 0 spiro atoms. The van der Waals surface area contributed by atoms with E-state index < -0.39 is 8.38 Å². The summed E-state index contributed by atoms with van der Waals surface area (Å²) in [6.07, 6.45) is 1.05. The van der Waals surface area contributed by atoms with Crippen molar-refractivity contribution in [3.05, 3.63) is 0 Å². The Morgan fingerprint density at radius 3 is 2.25 bits per heavy atom. The minimum absolute atomic E-state index is 0.655. The van der Waals surface area contributed by atoms with Crippen molar-refractivity contribution >= 4 is 8.38 Å². The molecule has 0 saturated carbocycles. The van der Waals surface area contributed by atoms with Gasteiger partial charge in [0.15, 0.2) is 0 Å². The second-order valence-electron chi connectivity index (χ2n) is 2.39. The zero-order chi connectivity index (χ0) is 9.23. The van der Waals surface area contributed by atoms with E-state index in [1.165, 1.54) is 0 Å². The molecule has 0 N–H and O–H groups in total. The zero-order valence-corrected chi connectivity index (χ0v) is 9.26. The summed E-state index contributed by atoms with van der Waals surface area (Å²) in [5, 5.41) is 0. The fraction of sp³-hybridized carbons (Fsp3) is 1.00. The summed E-state index contributed by atoms with van der Waals surface area (Å²) in [4.78, 5) is 0. The van der Waals surface area contributed by atoms with Gasteiger partial charge < -0.3 is 4.74 Å². The smallest absolute Gasteiger partial charge is 0.260 e. The monoisotopic (exact) mass is 195 g/mol. The van der Waals surface area contributed by atoms with Crippen molar-refractivity contribution in [2.24, 2.45) is 0 Å². The van der Waals surface area contributed by atoms with Crippen LogP contribution in [0.15, 0.2) is 0 Å². The SMILES string of the molecule is CCCO[PH+](C)OCCOCC. The van der Waals surface area contributed by atoms with Gasteiger partial charge in [-0.05, 0) is 13.3 Å². The molecule has 12 heavy (non-hydrogen) atoms. The predicted octanol–water partition coefficient (Wildman–Crippen LogP) is 2.14. The molecule has 0 aromatic heterocycles. The highest BCUT2D eigenvalue weighted by Gasteiger charge is 2.08. The van der Waals surface area contributed by atoms with E-state index in [0.29, 0.717) is 13.2 Å². The van der Waals surface area contributed by atoms with E-state index in [0.717, 1.165) is 19.6 Å². The molecule has 0 bridgehead atoms. The average molecular weight is 195 g/mol. The van der Waals surface area contributed by atoms with Gasteiger partial charge in [0.25, 0.3) is 8.38 Å². The van der Waals surface area contributed by atoms with Crippen LogP contribution in [0.1, 0.15) is 20.3 Å². The van der Waals surface area contributed by atoms with Crippen LogP contribution in [0.5, 0.6) is 0 Å². The standard InChI is InChI=1S/C8H19O3P/c1-4-6-10-12(3)11-8-7-9-5-2/h4-8H2,1-3H3/p+1. The van der Waals surface area contributed by atoms with Crippen LogP contribution >= 0.6 is 8.38 Å². The highest BCUT2D eigenvalue weighted by Crippen LogP contribution is 2.32. The van der Waals surface area contributed by atoms with Crippen molar-refractivity contribution in [3.63, 3.8) is 0 Å². The molecule has 0 fully saturated rings. The second-order valence-corrected chi connectivity index (χ2v) is 3.95. The third-order valence-corrected chi connectivity index (χ3v) is 2.47. The lowest BCUT2D eigenvalue weighted by atomic mass is 10.5. The Kier molecular flexibility index (Phi) is 9.64. The molecule has 0 aliphatic heterocycles. The molecule has 0 aromatic rings. The van der Waals surface area contributed by atoms with Crippen LogP contribution in [-0.2, 0) is 13.8 Å². The molecular weight excluding hydrogens is 175 g/mol. The van der Waals surface area contributed by atoms with Crippen molar-refractivity contribution in [2.75, 3.05) is 33.1 Å². The summed E-state index contributed by atoms with van der Waals surface area (Å²) in [5.41, 5.74) is 0. The molecule has 0 aliphatic carbocycles. The number of rotatable bonds is 8. The van der Waals surface area contributed by atoms with Gasteiger partial charge in [0.05, 0.1) is 13.2 Å². The Hall–Kier alpha value is 0.310.